The quantitative estimate of drug-likeness (QED) is 0.826. The maximum absolute atomic E-state index is 5.57. The molecule has 3 heterocycles. The van der Waals surface area contributed by atoms with E-state index in [1.54, 1.807) is 0 Å². The summed E-state index contributed by atoms with van der Waals surface area (Å²) in [5.74, 6) is 0.724. The van der Waals surface area contributed by atoms with Crippen molar-refractivity contribution >= 4 is 0 Å². The van der Waals surface area contributed by atoms with E-state index in [9.17, 15) is 0 Å². The monoisotopic (exact) mass is 261 g/mol. The molecule has 0 N–H and O–H groups in total. The molecule has 1 aromatic heterocycles. The number of hydrogen-bond acceptors (Lipinski definition) is 4. The van der Waals surface area contributed by atoms with Crippen molar-refractivity contribution in [1.29, 1.82) is 0 Å². The van der Waals surface area contributed by atoms with Crippen LogP contribution in [-0.4, -0.2) is 53.1 Å². The van der Waals surface area contributed by atoms with Crippen molar-refractivity contribution in [1.82, 2.24) is 14.8 Å². The molecule has 0 saturated carbocycles. The Kier molecular flexibility index (Phi) is 3.46. The largest absolute Gasteiger partial charge is 0.475 e. The summed E-state index contributed by atoms with van der Waals surface area (Å²) in [6.07, 6.45) is 3.51. The van der Waals surface area contributed by atoms with Gasteiger partial charge < -0.3 is 9.64 Å². The van der Waals surface area contributed by atoms with Gasteiger partial charge in [-0.15, -0.1) is 0 Å². The molecule has 2 saturated heterocycles. The Morgan fingerprint density at radius 3 is 2.63 bits per heavy atom. The molecular formula is C15H23N3O. The lowest BCUT2D eigenvalue weighted by molar-refractivity contribution is -0.0668. The van der Waals surface area contributed by atoms with Crippen molar-refractivity contribution in [2.75, 3.05) is 20.1 Å². The maximum Gasteiger partial charge on any atom is 0.213 e. The second-order valence-electron chi connectivity index (χ2n) is 6.11. The lowest BCUT2D eigenvalue weighted by atomic mass is 9.87. The summed E-state index contributed by atoms with van der Waals surface area (Å²) in [7, 11) is 2.22. The smallest absolute Gasteiger partial charge is 0.213 e. The summed E-state index contributed by atoms with van der Waals surface area (Å²) in [6.45, 7) is 7.48. The first-order valence-corrected chi connectivity index (χ1v) is 7.17. The van der Waals surface area contributed by atoms with Crippen LogP contribution in [0.1, 0.15) is 25.8 Å². The van der Waals surface area contributed by atoms with Gasteiger partial charge in [-0.05, 0) is 32.9 Å². The van der Waals surface area contributed by atoms with Gasteiger partial charge in [0.05, 0.1) is 6.10 Å². The molecule has 104 valence electrons. The maximum atomic E-state index is 5.57. The number of nitrogens with zero attached hydrogens (tertiary/aromatic N) is 3. The van der Waals surface area contributed by atoms with Crippen molar-refractivity contribution in [2.24, 2.45) is 0 Å². The Balaban J connectivity index is 1.59. The molecule has 3 rings (SSSR count). The number of likely N-dealkylation sites (N-methyl/N-ethyl adjacent to an activating group) is 1. The van der Waals surface area contributed by atoms with Crippen LogP contribution in [0, 0.1) is 0 Å². The third-order valence-electron chi connectivity index (χ3n) is 4.05. The summed E-state index contributed by atoms with van der Waals surface area (Å²) in [5.41, 5.74) is 1.29. The fourth-order valence-corrected chi connectivity index (χ4v) is 3.18. The first-order valence-electron chi connectivity index (χ1n) is 7.17. The molecule has 2 bridgehead atoms. The zero-order valence-corrected chi connectivity index (χ0v) is 12.0. The lowest BCUT2D eigenvalue weighted by Crippen LogP contribution is -2.67. The van der Waals surface area contributed by atoms with Gasteiger partial charge in [0.25, 0.3) is 0 Å². The van der Waals surface area contributed by atoms with E-state index < -0.39 is 0 Å². The minimum atomic E-state index is 0.184. The second-order valence-corrected chi connectivity index (χ2v) is 6.11. The SMILES string of the molecule is CC(C)Oc1ccc(CN2C3CC2CN(C)C3)cn1. The summed E-state index contributed by atoms with van der Waals surface area (Å²) >= 11 is 0. The van der Waals surface area contributed by atoms with Gasteiger partial charge in [0.2, 0.25) is 5.88 Å². The van der Waals surface area contributed by atoms with E-state index in [4.69, 9.17) is 4.74 Å². The molecule has 1 aromatic rings. The molecule has 0 aliphatic carbocycles. The van der Waals surface area contributed by atoms with Gasteiger partial charge in [0.15, 0.2) is 0 Å². The number of aromatic nitrogens is 1. The normalized spacial score (nSPS) is 27.4. The van der Waals surface area contributed by atoms with E-state index in [2.05, 4.69) is 27.9 Å². The zero-order chi connectivity index (χ0) is 13.4. The fraction of sp³-hybridized carbons (Fsp3) is 0.667. The molecule has 19 heavy (non-hydrogen) atoms. The van der Waals surface area contributed by atoms with E-state index in [1.807, 2.05) is 26.1 Å². The number of likely N-dealkylation sites (tertiary alicyclic amines) is 2. The fourth-order valence-electron chi connectivity index (χ4n) is 3.18. The standard InChI is InChI=1S/C15H23N3O/c1-11(2)19-15-5-4-12(7-16-15)8-18-13-6-14(18)10-17(3)9-13/h4-5,7,11,13-14H,6,8-10H2,1-3H3. The van der Waals surface area contributed by atoms with E-state index in [0.717, 1.165) is 24.5 Å². The van der Waals surface area contributed by atoms with Gasteiger partial charge in [-0.2, -0.15) is 0 Å². The van der Waals surface area contributed by atoms with Crippen LogP contribution in [0.4, 0.5) is 0 Å². The van der Waals surface area contributed by atoms with Crippen molar-refractivity contribution in [3.8, 4) is 5.88 Å². The molecule has 0 radical (unpaired) electrons. The minimum Gasteiger partial charge on any atom is -0.475 e. The average Bonchev–Trinajstić information content (AvgIpc) is 2.37. The van der Waals surface area contributed by atoms with Crippen molar-refractivity contribution in [2.45, 2.75) is 45.0 Å². The van der Waals surface area contributed by atoms with Crippen LogP contribution in [0.2, 0.25) is 0 Å². The summed E-state index contributed by atoms with van der Waals surface area (Å²) in [6, 6.07) is 5.62. The predicted octanol–water partition coefficient (Wildman–Crippen LogP) is 1.76. The van der Waals surface area contributed by atoms with Gasteiger partial charge in [0.1, 0.15) is 0 Å². The highest BCUT2D eigenvalue weighted by Gasteiger charge is 2.43. The number of piperidine rings is 1. The molecule has 4 nitrogen and oxygen atoms in total. The number of rotatable bonds is 4. The molecule has 2 fully saturated rings. The molecule has 2 aliphatic heterocycles. The van der Waals surface area contributed by atoms with Crippen LogP contribution < -0.4 is 4.74 Å². The molecule has 2 aliphatic rings. The predicted molar refractivity (Wildman–Crippen MR) is 75.2 cm³/mol. The Hall–Kier alpha value is -1.13. The van der Waals surface area contributed by atoms with Crippen molar-refractivity contribution in [3.05, 3.63) is 23.9 Å². The van der Waals surface area contributed by atoms with E-state index in [1.165, 1.54) is 25.1 Å². The van der Waals surface area contributed by atoms with Gasteiger partial charge in [0, 0.05) is 44.0 Å². The molecular weight excluding hydrogens is 238 g/mol. The summed E-state index contributed by atoms with van der Waals surface area (Å²) in [5, 5.41) is 0. The van der Waals surface area contributed by atoms with Crippen LogP contribution in [0.3, 0.4) is 0 Å². The molecule has 0 amide bonds. The molecule has 2 unspecified atom stereocenters. The Morgan fingerprint density at radius 1 is 1.32 bits per heavy atom. The van der Waals surface area contributed by atoms with E-state index in [0.29, 0.717) is 0 Å². The minimum absolute atomic E-state index is 0.184. The second kappa shape index (κ2) is 5.10. The third kappa shape index (κ3) is 2.74. The Bertz CT molecular complexity index is 420. The average molecular weight is 261 g/mol. The number of hydrogen-bond donors (Lipinski definition) is 0. The van der Waals surface area contributed by atoms with Crippen molar-refractivity contribution < 1.29 is 4.74 Å². The molecule has 0 spiro atoms. The highest BCUT2D eigenvalue weighted by atomic mass is 16.5. The molecule has 4 heteroatoms. The van der Waals surface area contributed by atoms with Crippen LogP contribution in [0.5, 0.6) is 5.88 Å². The highest BCUT2D eigenvalue weighted by Crippen LogP contribution is 2.32. The first kappa shape index (κ1) is 12.9. The molecule has 2 atom stereocenters. The van der Waals surface area contributed by atoms with Crippen LogP contribution in [0.15, 0.2) is 18.3 Å². The highest BCUT2D eigenvalue weighted by molar-refractivity contribution is 5.19. The number of fused-ring (bicyclic) bond motifs is 2. The van der Waals surface area contributed by atoms with Gasteiger partial charge in [-0.1, -0.05) is 6.07 Å². The first-order chi connectivity index (χ1) is 9.11. The van der Waals surface area contributed by atoms with Gasteiger partial charge in [-0.3, -0.25) is 4.90 Å². The topological polar surface area (TPSA) is 28.6 Å². The lowest BCUT2D eigenvalue weighted by Gasteiger charge is -2.55. The summed E-state index contributed by atoms with van der Waals surface area (Å²) in [4.78, 5) is 9.43. The van der Waals surface area contributed by atoms with Crippen LogP contribution >= 0.6 is 0 Å². The van der Waals surface area contributed by atoms with Gasteiger partial charge >= 0.3 is 0 Å². The molecule has 0 aromatic carbocycles. The Morgan fingerprint density at radius 2 is 2.05 bits per heavy atom. The Labute approximate surface area is 115 Å². The third-order valence-corrected chi connectivity index (χ3v) is 4.05. The zero-order valence-electron chi connectivity index (χ0n) is 12.0. The van der Waals surface area contributed by atoms with E-state index >= 15 is 0 Å². The van der Waals surface area contributed by atoms with E-state index in [-0.39, 0.29) is 6.10 Å². The van der Waals surface area contributed by atoms with Crippen molar-refractivity contribution in [3.63, 3.8) is 0 Å². The van der Waals surface area contributed by atoms with Crippen LogP contribution in [-0.2, 0) is 6.54 Å². The number of pyridine rings is 1. The van der Waals surface area contributed by atoms with Crippen LogP contribution in [0.25, 0.3) is 0 Å². The number of piperazine rings is 1. The van der Waals surface area contributed by atoms with Gasteiger partial charge in [-0.25, -0.2) is 4.98 Å². The number of ether oxygens (including phenoxy) is 1. The summed E-state index contributed by atoms with van der Waals surface area (Å²) < 4.78 is 5.57.